The van der Waals surface area contributed by atoms with E-state index in [0.717, 1.165) is 29.9 Å². The second-order valence-corrected chi connectivity index (χ2v) is 6.07. The second-order valence-electron chi connectivity index (χ2n) is 6.07. The molecule has 0 saturated heterocycles. The number of ether oxygens (including phenoxy) is 2. The molecule has 1 aliphatic carbocycles. The van der Waals surface area contributed by atoms with Gasteiger partial charge in [-0.15, -0.1) is 0 Å². The van der Waals surface area contributed by atoms with E-state index >= 15 is 0 Å². The van der Waals surface area contributed by atoms with E-state index in [1.54, 1.807) is 0 Å². The van der Waals surface area contributed by atoms with Crippen LogP contribution in [0.2, 0.25) is 0 Å². The molecule has 1 fully saturated rings. The van der Waals surface area contributed by atoms with Crippen molar-refractivity contribution in [2.24, 2.45) is 17.6 Å². The van der Waals surface area contributed by atoms with Gasteiger partial charge in [0.05, 0.1) is 0 Å². The van der Waals surface area contributed by atoms with Crippen LogP contribution in [-0.2, 0) is 0 Å². The normalized spacial score (nSPS) is 25.6. The van der Waals surface area contributed by atoms with E-state index in [9.17, 15) is 0 Å². The molecule has 110 valence electrons. The molecule has 0 radical (unpaired) electrons. The van der Waals surface area contributed by atoms with E-state index in [1.807, 2.05) is 6.07 Å². The minimum Gasteiger partial charge on any atom is -0.486 e. The Balaban J connectivity index is 1.74. The Kier molecular flexibility index (Phi) is 3.85. The number of likely N-dealkylation sites (N-methyl/N-ethyl adjacent to an activating group) is 1. The van der Waals surface area contributed by atoms with Gasteiger partial charge in [0.15, 0.2) is 11.5 Å². The van der Waals surface area contributed by atoms with Crippen molar-refractivity contribution >= 4 is 0 Å². The van der Waals surface area contributed by atoms with Gasteiger partial charge >= 0.3 is 0 Å². The van der Waals surface area contributed by atoms with Gasteiger partial charge in [-0.3, -0.25) is 4.90 Å². The molecule has 3 atom stereocenters. The van der Waals surface area contributed by atoms with Crippen LogP contribution >= 0.6 is 0 Å². The van der Waals surface area contributed by atoms with Crippen LogP contribution in [0.5, 0.6) is 11.5 Å². The van der Waals surface area contributed by atoms with Crippen molar-refractivity contribution < 1.29 is 9.47 Å². The lowest BCUT2D eigenvalue weighted by Crippen LogP contribution is -2.32. The van der Waals surface area contributed by atoms with Gasteiger partial charge in [-0.05, 0) is 43.0 Å². The van der Waals surface area contributed by atoms with Crippen LogP contribution < -0.4 is 15.2 Å². The van der Waals surface area contributed by atoms with Crippen LogP contribution in [0.15, 0.2) is 18.2 Å². The SMILES string of the molecule is CC1CC1CN(C)C(CN)c1ccc2c(c1)OCCO2. The van der Waals surface area contributed by atoms with E-state index in [-0.39, 0.29) is 6.04 Å². The smallest absolute Gasteiger partial charge is 0.161 e. The molecule has 1 aromatic carbocycles. The molecule has 0 spiro atoms. The molecule has 3 unspecified atom stereocenters. The van der Waals surface area contributed by atoms with Crippen molar-refractivity contribution in [1.82, 2.24) is 4.90 Å². The quantitative estimate of drug-likeness (QED) is 0.894. The largest absolute Gasteiger partial charge is 0.486 e. The fraction of sp³-hybridized carbons (Fsp3) is 0.625. The van der Waals surface area contributed by atoms with E-state index in [4.69, 9.17) is 15.2 Å². The molecule has 2 N–H and O–H groups in total. The molecule has 3 rings (SSSR count). The Morgan fingerprint density at radius 3 is 2.65 bits per heavy atom. The van der Waals surface area contributed by atoms with Gasteiger partial charge < -0.3 is 15.2 Å². The van der Waals surface area contributed by atoms with Gasteiger partial charge in [-0.1, -0.05) is 13.0 Å². The predicted molar refractivity (Wildman–Crippen MR) is 79.1 cm³/mol. The first-order valence-corrected chi connectivity index (χ1v) is 7.49. The summed E-state index contributed by atoms with van der Waals surface area (Å²) in [6, 6.07) is 6.44. The van der Waals surface area contributed by atoms with Gasteiger partial charge in [-0.2, -0.15) is 0 Å². The van der Waals surface area contributed by atoms with E-state index in [0.29, 0.717) is 19.8 Å². The first-order chi connectivity index (χ1) is 9.69. The number of rotatable bonds is 5. The predicted octanol–water partition coefficient (Wildman–Crippen LogP) is 2.05. The molecule has 20 heavy (non-hydrogen) atoms. The van der Waals surface area contributed by atoms with Gasteiger partial charge in [0.1, 0.15) is 13.2 Å². The summed E-state index contributed by atoms with van der Waals surface area (Å²) in [6.07, 6.45) is 1.35. The maximum Gasteiger partial charge on any atom is 0.161 e. The number of nitrogens with two attached hydrogens (primary N) is 1. The molecule has 4 heteroatoms. The van der Waals surface area contributed by atoms with Crippen LogP contribution in [0, 0.1) is 11.8 Å². The summed E-state index contributed by atoms with van der Waals surface area (Å²) >= 11 is 0. The van der Waals surface area contributed by atoms with Crippen LogP contribution in [0.3, 0.4) is 0 Å². The lowest BCUT2D eigenvalue weighted by atomic mass is 10.0. The van der Waals surface area contributed by atoms with Crippen molar-refractivity contribution in [3.8, 4) is 11.5 Å². The molecule has 4 nitrogen and oxygen atoms in total. The van der Waals surface area contributed by atoms with Crippen LogP contribution in [0.25, 0.3) is 0 Å². The summed E-state index contributed by atoms with van der Waals surface area (Å²) in [4.78, 5) is 2.37. The van der Waals surface area contributed by atoms with Gasteiger partial charge in [0, 0.05) is 19.1 Å². The van der Waals surface area contributed by atoms with Gasteiger partial charge in [0.25, 0.3) is 0 Å². The summed E-state index contributed by atoms with van der Waals surface area (Å²) in [6.45, 7) is 5.32. The zero-order chi connectivity index (χ0) is 14.1. The van der Waals surface area contributed by atoms with E-state index in [2.05, 4.69) is 31.0 Å². The highest BCUT2D eigenvalue weighted by molar-refractivity contribution is 5.44. The first-order valence-electron chi connectivity index (χ1n) is 7.49. The molecule has 0 bridgehead atoms. The Hall–Kier alpha value is -1.26. The molecule has 0 aromatic heterocycles. The monoisotopic (exact) mass is 276 g/mol. The number of fused-ring (bicyclic) bond motifs is 1. The Morgan fingerprint density at radius 1 is 1.30 bits per heavy atom. The topological polar surface area (TPSA) is 47.7 Å². The van der Waals surface area contributed by atoms with Crippen molar-refractivity contribution in [2.45, 2.75) is 19.4 Å². The van der Waals surface area contributed by atoms with Gasteiger partial charge in [-0.25, -0.2) is 0 Å². The highest BCUT2D eigenvalue weighted by Gasteiger charge is 2.34. The standard InChI is InChI=1S/C16H24N2O2/c1-11-7-13(11)10-18(2)14(9-17)12-3-4-15-16(8-12)20-6-5-19-15/h3-4,8,11,13-14H,5-7,9-10,17H2,1-2H3. The number of nitrogens with zero attached hydrogens (tertiary/aromatic N) is 1. The fourth-order valence-electron chi connectivity index (χ4n) is 2.99. The average Bonchev–Trinajstić information content (AvgIpc) is 3.14. The zero-order valence-corrected chi connectivity index (χ0v) is 12.3. The average molecular weight is 276 g/mol. The molecule has 1 heterocycles. The van der Waals surface area contributed by atoms with Crippen molar-refractivity contribution in [3.05, 3.63) is 23.8 Å². The third-order valence-corrected chi connectivity index (χ3v) is 4.50. The van der Waals surface area contributed by atoms with E-state index < -0.39 is 0 Å². The van der Waals surface area contributed by atoms with Crippen LogP contribution in [-0.4, -0.2) is 38.3 Å². The number of benzene rings is 1. The van der Waals surface area contributed by atoms with Crippen LogP contribution in [0.4, 0.5) is 0 Å². The molecule has 1 aliphatic heterocycles. The number of hydrogen-bond donors (Lipinski definition) is 1. The minimum absolute atomic E-state index is 0.249. The van der Waals surface area contributed by atoms with Crippen molar-refractivity contribution in [1.29, 1.82) is 0 Å². The Labute approximate surface area is 120 Å². The summed E-state index contributed by atoms with van der Waals surface area (Å²) in [5.74, 6) is 3.40. The second kappa shape index (κ2) is 5.62. The Bertz CT molecular complexity index is 478. The minimum atomic E-state index is 0.249. The highest BCUT2D eigenvalue weighted by Crippen LogP contribution is 2.40. The zero-order valence-electron chi connectivity index (χ0n) is 12.3. The summed E-state index contributed by atoms with van der Waals surface area (Å²) in [5, 5.41) is 0. The summed E-state index contributed by atoms with van der Waals surface area (Å²) in [7, 11) is 2.17. The maximum absolute atomic E-state index is 6.00. The maximum atomic E-state index is 6.00. The fourth-order valence-corrected chi connectivity index (χ4v) is 2.99. The lowest BCUT2D eigenvalue weighted by Gasteiger charge is -2.28. The third kappa shape index (κ3) is 2.76. The molecular formula is C16H24N2O2. The van der Waals surface area contributed by atoms with Crippen molar-refractivity contribution in [2.75, 3.05) is 33.4 Å². The first kappa shape index (κ1) is 13.7. The molecule has 2 aliphatic rings. The highest BCUT2D eigenvalue weighted by atomic mass is 16.6. The molecule has 1 aromatic rings. The van der Waals surface area contributed by atoms with Crippen molar-refractivity contribution in [3.63, 3.8) is 0 Å². The van der Waals surface area contributed by atoms with Gasteiger partial charge in [0.2, 0.25) is 0 Å². The molecule has 0 amide bonds. The Morgan fingerprint density at radius 2 is 2.00 bits per heavy atom. The summed E-state index contributed by atoms with van der Waals surface area (Å²) in [5.41, 5.74) is 7.21. The van der Waals surface area contributed by atoms with E-state index in [1.165, 1.54) is 12.0 Å². The summed E-state index contributed by atoms with van der Waals surface area (Å²) < 4.78 is 11.2. The third-order valence-electron chi connectivity index (χ3n) is 4.50. The van der Waals surface area contributed by atoms with Crippen LogP contribution in [0.1, 0.15) is 24.9 Å². The molecular weight excluding hydrogens is 252 g/mol. The number of hydrogen-bond acceptors (Lipinski definition) is 4. The molecule has 1 saturated carbocycles. The lowest BCUT2D eigenvalue weighted by molar-refractivity contribution is 0.170.